The van der Waals surface area contributed by atoms with Gasteiger partial charge in [-0.3, -0.25) is 9.59 Å². The number of likely N-dealkylation sites (N-methyl/N-ethyl adjacent to an activating group) is 1. The molecule has 0 atom stereocenters. The first-order valence-corrected chi connectivity index (χ1v) is 7.48. The number of aryl methyl sites for hydroxylation is 1. The Morgan fingerprint density at radius 3 is 2.50 bits per heavy atom. The van der Waals surface area contributed by atoms with Crippen LogP contribution in [0, 0.1) is 6.92 Å². The van der Waals surface area contributed by atoms with E-state index in [1.165, 1.54) is 4.90 Å². The van der Waals surface area contributed by atoms with Gasteiger partial charge in [-0.1, -0.05) is 13.8 Å². The molecule has 0 aromatic carbocycles. The van der Waals surface area contributed by atoms with E-state index in [9.17, 15) is 9.59 Å². The highest BCUT2D eigenvalue weighted by atomic mass is 16.5. The van der Waals surface area contributed by atoms with Crippen molar-refractivity contribution in [2.75, 3.05) is 39.9 Å². The second-order valence-electron chi connectivity index (χ2n) is 5.77. The summed E-state index contributed by atoms with van der Waals surface area (Å²) in [4.78, 5) is 31.9. The maximum absolute atomic E-state index is 12.4. The highest BCUT2D eigenvalue weighted by Crippen LogP contribution is 2.18. The predicted octanol–water partition coefficient (Wildman–Crippen LogP) is 1.04. The molecule has 0 radical (unpaired) electrons. The van der Waals surface area contributed by atoms with Gasteiger partial charge in [-0.25, -0.2) is 4.98 Å². The molecule has 7 nitrogen and oxygen atoms in total. The van der Waals surface area contributed by atoms with Gasteiger partial charge in [0.1, 0.15) is 5.76 Å². The molecule has 7 heteroatoms. The number of carbonyl (C=O) groups is 2. The van der Waals surface area contributed by atoms with Crippen LogP contribution < -0.4 is 0 Å². The zero-order chi connectivity index (χ0) is 16.3. The summed E-state index contributed by atoms with van der Waals surface area (Å²) in [5, 5.41) is 0. The highest BCUT2D eigenvalue weighted by molar-refractivity contribution is 5.95. The largest absolute Gasteiger partial charge is 0.445 e. The standard InChI is InChI=1S/C15H23N3O4/c1-10(2)14-16-13(11(3)22-14)15(20)17(4)9-12(19)18-5-7-21-8-6-18/h10H,5-9H2,1-4H3. The van der Waals surface area contributed by atoms with E-state index in [-0.39, 0.29) is 30.0 Å². The first kappa shape index (κ1) is 16.5. The summed E-state index contributed by atoms with van der Waals surface area (Å²) in [6, 6.07) is 0. The average molecular weight is 309 g/mol. The second kappa shape index (κ2) is 6.91. The molecule has 0 bridgehead atoms. The van der Waals surface area contributed by atoms with Crippen LogP contribution in [0.5, 0.6) is 0 Å². The number of amides is 2. The van der Waals surface area contributed by atoms with E-state index in [2.05, 4.69) is 4.98 Å². The molecule has 1 aromatic rings. The highest BCUT2D eigenvalue weighted by Gasteiger charge is 2.25. The molecule has 2 rings (SSSR count). The van der Waals surface area contributed by atoms with E-state index in [0.717, 1.165) is 0 Å². The van der Waals surface area contributed by atoms with Crippen molar-refractivity contribution in [1.82, 2.24) is 14.8 Å². The van der Waals surface area contributed by atoms with Gasteiger partial charge in [-0.2, -0.15) is 0 Å². The lowest BCUT2D eigenvalue weighted by atomic mass is 10.2. The number of hydrogen-bond donors (Lipinski definition) is 0. The molecule has 0 spiro atoms. The molecule has 2 amide bonds. The van der Waals surface area contributed by atoms with E-state index < -0.39 is 0 Å². The number of morpholine rings is 1. The molecule has 0 saturated carbocycles. The monoisotopic (exact) mass is 309 g/mol. The molecule has 122 valence electrons. The molecule has 1 saturated heterocycles. The van der Waals surface area contributed by atoms with Gasteiger partial charge in [-0.15, -0.1) is 0 Å². The Morgan fingerprint density at radius 1 is 1.32 bits per heavy atom. The number of ether oxygens (including phenoxy) is 1. The first-order chi connectivity index (χ1) is 10.4. The summed E-state index contributed by atoms with van der Waals surface area (Å²) >= 11 is 0. The second-order valence-corrected chi connectivity index (χ2v) is 5.77. The Hall–Kier alpha value is -1.89. The Labute approximate surface area is 130 Å². The van der Waals surface area contributed by atoms with Crippen molar-refractivity contribution in [3.63, 3.8) is 0 Å². The summed E-state index contributed by atoms with van der Waals surface area (Å²) in [6.07, 6.45) is 0. The number of hydrogen-bond acceptors (Lipinski definition) is 5. The van der Waals surface area contributed by atoms with Crippen molar-refractivity contribution in [2.45, 2.75) is 26.7 Å². The molecule has 0 unspecified atom stereocenters. The van der Waals surface area contributed by atoms with E-state index in [4.69, 9.17) is 9.15 Å². The lowest BCUT2D eigenvalue weighted by Gasteiger charge is -2.28. The van der Waals surface area contributed by atoms with Gasteiger partial charge < -0.3 is 19.0 Å². The first-order valence-electron chi connectivity index (χ1n) is 7.48. The molecule has 0 aliphatic carbocycles. The lowest BCUT2D eigenvalue weighted by molar-refractivity contribution is -0.135. The SMILES string of the molecule is Cc1oc(C(C)C)nc1C(=O)N(C)CC(=O)N1CCOCC1. The van der Waals surface area contributed by atoms with Crippen LogP contribution >= 0.6 is 0 Å². The Bertz CT molecular complexity index is 547. The van der Waals surface area contributed by atoms with E-state index >= 15 is 0 Å². The fraction of sp³-hybridized carbons (Fsp3) is 0.667. The van der Waals surface area contributed by atoms with Crippen LogP contribution in [0.3, 0.4) is 0 Å². The van der Waals surface area contributed by atoms with Crippen molar-refractivity contribution in [3.8, 4) is 0 Å². The summed E-state index contributed by atoms with van der Waals surface area (Å²) in [5.74, 6) is 0.757. The number of oxazole rings is 1. The number of nitrogens with zero attached hydrogens (tertiary/aromatic N) is 3. The van der Waals surface area contributed by atoms with Crippen molar-refractivity contribution in [1.29, 1.82) is 0 Å². The van der Waals surface area contributed by atoms with Gasteiger partial charge in [0.25, 0.3) is 5.91 Å². The lowest BCUT2D eigenvalue weighted by Crippen LogP contribution is -2.46. The van der Waals surface area contributed by atoms with Crippen LogP contribution in [-0.4, -0.2) is 66.5 Å². The topological polar surface area (TPSA) is 75.9 Å². The molecule has 1 aliphatic heterocycles. The van der Waals surface area contributed by atoms with Crippen LogP contribution in [-0.2, 0) is 9.53 Å². The van der Waals surface area contributed by atoms with Crippen molar-refractivity contribution >= 4 is 11.8 Å². The maximum atomic E-state index is 12.4. The molecule has 2 heterocycles. The van der Waals surface area contributed by atoms with Crippen molar-refractivity contribution in [3.05, 3.63) is 17.3 Å². The smallest absolute Gasteiger partial charge is 0.276 e. The van der Waals surface area contributed by atoms with Crippen LogP contribution in [0.25, 0.3) is 0 Å². The van der Waals surface area contributed by atoms with Gasteiger partial charge in [0.2, 0.25) is 5.91 Å². The van der Waals surface area contributed by atoms with Crippen LogP contribution in [0.4, 0.5) is 0 Å². The Balaban J connectivity index is 2.01. The molecule has 1 aliphatic rings. The van der Waals surface area contributed by atoms with Gasteiger partial charge in [0.15, 0.2) is 11.6 Å². The third kappa shape index (κ3) is 3.65. The third-order valence-electron chi connectivity index (χ3n) is 3.59. The van der Waals surface area contributed by atoms with E-state index in [1.807, 2.05) is 13.8 Å². The fourth-order valence-corrected chi connectivity index (χ4v) is 2.23. The minimum absolute atomic E-state index is 0.0299. The molecule has 22 heavy (non-hydrogen) atoms. The third-order valence-corrected chi connectivity index (χ3v) is 3.59. The summed E-state index contributed by atoms with van der Waals surface area (Å²) in [5.41, 5.74) is 0.279. The Kier molecular flexibility index (Phi) is 5.18. The number of carbonyl (C=O) groups excluding carboxylic acids is 2. The fourth-order valence-electron chi connectivity index (χ4n) is 2.23. The molecule has 1 aromatic heterocycles. The van der Waals surface area contributed by atoms with Gasteiger partial charge in [-0.05, 0) is 6.92 Å². The summed E-state index contributed by atoms with van der Waals surface area (Å²) < 4.78 is 10.7. The van der Waals surface area contributed by atoms with Crippen LogP contribution in [0.15, 0.2) is 4.42 Å². The van der Waals surface area contributed by atoms with Gasteiger partial charge >= 0.3 is 0 Å². The van der Waals surface area contributed by atoms with Crippen LogP contribution in [0.2, 0.25) is 0 Å². The Morgan fingerprint density at radius 2 is 1.95 bits per heavy atom. The summed E-state index contributed by atoms with van der Waals surface area (Å²) in [7, 11) is 1.60. The minimum atomic E-state index is -0.297. The van der Waals surface area contributed by atoms with Crippen molar-refractivity contribution < 1.29 is 18.7 Å². The zero-order valence-corrected chi connectivity index (χ0v) is 13.6. The normalized spacial score (nSPS) is 15.2. The predicted molar refractivity (Wildman–Crippen MR) is 79.7 cm³/mol. The average Bonchev–Trinajstić information content (AvgIpc) is 2.89. The molecule has 1 fully saturated rings. The van der Waals surface area contributed by atoms with Crippen LogP contribution in [0.1, 0.15) is 41.9 Å². The van der Waals surface area contributed by atoms with E-state index in [1.54, 1.807) is 18.9 Å². The summed E-state index contributed by atoms with van der Waals surface area (Å²) in [6.45, 7) is 7.87. The van der Waals surface area contributed by atoms with Gasteiger partial charge in [0.05, 0.1) is 19.8 Å². The molecule has 0 N–H and O–H groups in total. The molecular formula is C15H23N3O4. The number of rotatable bonds is 4. The quantitative estimate of drug-likeness (QED) is 0.830. The zero-order valence-electron chi connectivity index (χ0n) is 13.6. The van der Waals surface area contributed by atoms with E-state index in [0.29, 0.717) is 38.0 Å². The minimum Gasteiger partial charge on any atom is -0.445 e. The van der Waals surface area contributed by atoms with Gasteiger partial charge in [0, 0.05) is 26.1 Å². The number of aromatic nitrogens is 1. The van der Waals surface area contributed by atoms with Crippen molar-refractivity contribution in [2.24, 2.45) is 0 Å². The molecular weight excluding hydrogens is 286 g/mol. The maximum Gasteiger partial charge on any atom is 0.276 e.